The number of nitrogens with zero attached hydrogens (tertiary/aromatic N) is 2. The van der Waals surface area contributed by atoms with Crippen LogP contribution in [0.15, 0.2) is 42.5 Å². The Kier molecular flexibility index (Phi) is 3.95. The van der Waals surface area contributed by atoms with E-state index < -0.39 is 10.9 Å². The van der Waals surface area contributed by atoms with Gasteiger partial charge in [-0.15, -0.1) is 0 Å². The number of ether oxygens (including phenoxy) is 1. The van der Waals surface area contributed by atoms with Gasteiger partial charge in [0.15, 0.2) is 0 Å². The summed E-state index contributed by atoms with van der Waals surface area (Å²) in [5.41, 5.74) is 0.436. The van der Waals surface area contributed by atoms with E-state index in [1.54, 1.807) is 19.1 Å². The number of hydrogen-bond donors (Lipinski definition) is 0. The molecule has 0 saturated carbocycles. The molecule has 0 bridgehead atoms. The molecule has 0 N–H and O–H groups in total. The van der Waals surface area contributed by atoms with Gasteiger partial charge in [0.05, 0.1) is 16.6 Å². The monoisotopic (exact) mass is 282 g/mol. The Hall–Kier alpha value is -3.20. The van der Waals surface area contributed by atoms with Crippen molar-refractivity contribution in [1.82, 2.24) is 0 Å². The average Bonchev–Trinajstić information content (AvgIpc) is 2.47. The molecule has 104 valence electrons. The van der Waals surface area contributed by atoms with Crippen molar-refractivity contribution in [3.05, 3.63) is 69.3 Å². The second-order valence-electron chi connectivity index (χ2n) is 4.25. The van der Waals surface area contributed by atoms with E-state index >= 15 is 0 Å². The van der Waals surface area contributed by atoms with Crippen molar-refractivity contribution in [2.24, 2.45) is 0 Å². The topological polar surface area (TPSA) is 93.2 Å². The number of esters is 1. The van der Waals surface area contributed by atoms with Gasteiger partial charge < -0.3 is 4.74 Å². The summed E-state index contributed by atoms with van der Waals surface area (Å²) in [6.07, 6.45) is 0. The summed E-state index contributed by atoms with van der Waals surface area (Å²) in [7, 11) is 0. The summed E-state index contributed by atoms with van der Waals surface area (Å²) in [5, 5.41) is 19.7. The van der Waals surface area contributed by atoms with Crippen LogP contribution in [0.1, 0.15) is 21.5 Å². The van der Waals surface area contributed by atoms with Crippen molar-refractivity contribution in [2.45, 2.75) is 6.92 Å². The number of carbonyl (C=O) groups is 1. The molecule has 0 fully saturated rings. The molecule has 2 aromatic rings. The van der Waals surface area contributed by atoms with E-state index in [0.717, 1.165) is 0 Å². The van der Waals surface area contributed by atoms with E-state index in [-0.39, 0.29) is 17.0 Å². The first-order valence-electron chi connectivity index (χ1n) is 5.99. The van der Waals surface area contributed by atoms with Crippen LogP contribution in [-0.4, -0.2) is 10.9 Å². The second kappa shape index (κ2) is 5.84. The predicted molar refractivity (Wildman–Crippen MR) is 73.9 cm³/mol. The van der Waals surface area contributed by atoms with E-state index in [0.29, 0.717) is 11.1 Å². The van der Waals surface area contributed by atoms with Crippen molar-refractivity contribution in [1.29, 1.82) is 5.26 Å². The van der Waals surface area contributed by atoms with Crippen LogP contribution in [-0.2, 0) is 0 Å². The minimum absolute atomic E-state index is 0.107. The molecule has 0 spiro atoms. The Labute approximate surface area is 120 Å². The lowest BCUT2D eigenvalue weighted by atomic mass is 10.1. The maximum Gasteiger partial charge on any atom is 0.350 e. The number of hydrogen-bond acceptors (Lipinski definition) is 5. The maximum absolute atomic E-state index is 12.1. The third-order valence-electron chi connectivity index (χ3n) is 2.83. The Morgan fingerprint density at radius 1 is 1.24 bits per heavy atom. The molecule has 2 aromatic carbocycles. The fourth-order valence-corrected chi connectivity index (χ4v) is 1.83. The van der Waals surface area contributed by atoms with Crippen LogP contribution in [0.25, 0.3) is 0 Å². The summed E-state index contributed by atoms with van der Waals surface area (Å²) in [5.74, 6) is -0.593. The first-order valence-corrected chi connectivity index (χ1v) is 5.99. The highest BCUT2D eigenvalue weighted by atomic mass is 16.6. The van der Waals surface area contributed by atoms with Crippen LogP contribution < -0.4 is 4.74 Å². The number of para-hydroxylation sites is 1. The molecule has 21 heavy (non-hydrogen) atoms. The highest BCUT2D eigenvalue weighted by molar-refractivity contribution is 5.95. The standard InChI is InChI=1S/C15H10N2O4/c1-10-3-2-4-13(14(10)17(19)20)15(18)21-12-7-5-11(9-16)6-8-12/h2-8H,1H3. The molecule has 0 aliphatic rings. The molecule has 6 heteroatoms. The van der Waals surface area contributed by atoms with Gasteiger partial charge in [-0.3, -0.25) is 10.1 Å². The summed E-state index contributed by atoms with van der Waals surface area (Å²) in [6, 6.07) is 12.3. The molecule has 0 aliphatic heterocycles. The van der Waals surface area contributed by atoms with Crippen molar-refractivity contribution in [3.8, 4) is 11.8 Å². The van der Waals surface area contributed by atoms with Crippen molar-refractivity contribution >= 4 is 11.7 Å². The van der Waals surface area contributed by atoms with Crippen LogP contribution in [0.4, 0.5) is 5.69 Å². The fraction of sp³-hybridized carbons (Fsp3) is 0.0667. The van der Waals surface area contributed by atoms with Crippen LogP contribution in [0.3, 0.4) is 0 Å². The number of rotatable bonds is 3. The van der Waals surface area contributed by atoms with Gasteiger partial charge in [-0.05, 0) is 37.3 Å². The van der Waals surface area contributed by atoms with E-state index in [1.807, 2.05) is 6.07 Å². The zero-order valence-corrected chi connectivity index (χ0v) is 11.1. The van der Waals surface area contributed by atoms with Gasteiger partial charge in [0.25, 0.3) is 5.69 Å². The quantitative estimate of drug-likeness (QED) is 0.373. The number of nitro benzene ring substituents is 1. The van der Waals surface area contributed by atoms with Gasteiger partial charge in [-0.2, -0.15) is 5.26 Å². The first-order chi connectivity index (χ1) is 10.0. The number of nitriles is 1. The zero-order valence-electron chi connectivity index (χ0n) is 11.1. The van der Waals surface area contributed by atoms with E-state index in [2.05, 4.69) is 0 Å². The first kappa shape index (κ1) is 14.2. The molecule has 0 atom stereocenters. The molecule has 0 heterocycles. The highest BCUT2D eigenvalue weighted by Crippen LogP contribution is 2.24. The molecular weight excluding hydrogens is 272 g/mol. The Balaban J connectivity index is 2.30. The smallest absolute Gasteiger partial charge is 0.350 e. The number of nitro groups is 1. The Morgan fingerprint density at radius 2 is 1.90 bits per heavy atom. The van der Waals surface area contributed by atoms with Gasteiger partial charge in [0, 0.05) is 5.56 Å². The highest BCUT2D eigenvalue weighted by Gasteiger charge is 2.23. The largest absolute Gasteiger partial charge is 0.423 e. The lowest BCUT2D eigenvalue weighted by molar-refractivity contribution is -0.385. The van der Waals surface area contributed by atoms with Crippen LogP contribution >= 0.6 is 0 Å². The molecular formula is C15H10N2O4. The molecule has 2 rings (SSSR count). The van der Waals surface area contributed by atoms with E-state index in [4.69, 9.17) is 10.00 Å². The van der Waals surface area contributed by atoms with Gasteiger partial charge >= 0.3 is 5.97 Å². The molecule has 0 radical (unpaired) electrons. The number of carbonyl (C=O) groups excluding carboxylic acids is 1. The van der Waals surface area contributed by atoms with Crippen LogP contribution in [0.2, 0.25) is 0 Å². The molecule has 0 saturated heterocycles. The summed E-state index contributed by atoms with van der Waals surface area (Å²) in [6.45, 7) is 1.55. The van der Waals surface area contributed by atoms with Crippen LogP contribution in [0, 0.1) is 28.4 Å². The second-order valence-corrected chi connectivity index (χ2v) is 4.25. The van der Waals surface area contributed by atoms with E-state index in [9.17, 15) is 14.9 Å². The van der Waals surface area contributed by atoms with Crippen molar-refractivity contribution in [3.63, 3.8) is 0 Å². The summed E-state index contributed by atoms with van der Waals surface area (Å²) in [4.78, 5) is 22.5. The van der Waals surface area contributed by atoms with Crippen molar-refractivity contribution < 1.29 is 14.5 Å². The van der Waals surface area contributed by atoms with Gasteiger partial charge in [0.1, 0.15) is 11.3 Å². The zero-order chi connectivity index (χ0) is 15.4. The minimum Gasteiger partial charge on any atom is -0.423 e. The summed E-state index contributed by atoms with van der Waals surface area (Å²) < 4.78 is 5.09. The normalized spacial score (nSPS) is 9.71. The van der Waals surface area contributed by atoms with Crippen molar-refractivity contribution in [2.75, 3.05) is 0 Å². The Morgan fingerprint density at radius 3 is 2.48 bits per heavy atom. The molecule has 0 aliphatic carbocycles. The van der Waals surface area contributed by atoms with Gasteiger partial charge in [0.2, 0.25) is 0 Å². The lowest BCUT2D eigenvalue weighted by Gasteiger charge is -2.06. The van der Waals surface area contributed by atoms with Gasteiger partial charge in [-0.1, -0.05) is 12.1 Å². The molecule has 6 nitrogen and oxygen atoms in total. The van der Waals surface area contributed by atoms with Crippen LogP contribution in [0.5, 0.6) is 5.75 Å². The number of aryl methyl sites for hydroxylation is 1. The Bertz CT molecular complexity index is 745. The molecule has 0 aromatic heterocycles. The molecule has 0 unspecified atom stereocenters. The predicted octanol–water partition coefficient (Wildman–Crippen LogP) is 2.99. The third-order valence-corrected chi connectivity index (χ3v) is 2.83. The minimum atomic E-state index is -0.810. The lowest BCUT2D eigenvalue weighted by Crippen LogP contribution is -2.11. The summed E-state index contributed by atoms with van der Waals surface area (Å²) >= 11 is 0. The SMILES string of the molecule is Cc1cccc(C(=O)Oc2ccc(C#N)cc2)c1[N+](=O)[O-]. The maximum atomic E-state index is 12.1. The van der Waals surface area contributed by atoms with E-state index in [1.165, 1.54) is 30.3 Å². The third kappa shape index (κ3) is 3.04. The fourth-order valence-electron chi connectivity index (χ4n) is 1.83. The van der Waals surface area contributed by atoms with Gasteiger partial charge in [-0.25, -0.2) is 4.79 Å². The number of benzene rings is 2. The molecule has 0 amide bonds. The average molecular weight is 282 g/mol.